The van der Waals surface area contributed by atoms with Crippen LogP contribution in [0.4, 0.5) is 0 Å². The van der Waals surface area contributed by atoms with Crippen LogP contribution in [0.15, 0.2) is 12.3 Å². The molecule has 2 atom stereocenters. The molecular weight excluding hydrogens is 198 g/mol. The van der Waals surface area contributed by atoms with Crippen molar-refractivity contribution < 1.29 is 4.79 Å². The van der Waals surface area contributed by atoms with Crippen molar-refractivity contribution in [1.29, 1.82) is 0 Å². The molecule has 0 aliphatic heterocycles. The lowest BCUT2D eigenvalue weighted by molar-refractivity contribution is -0.112. The minimum Gasteiger partial charge on any atom is -0.381 e. The summed E-state index contributed by atoms with van der Waals surface area (Å²) < 4.78 is 0. The van der Waals surface area contributed by atoms with Gasteiger partial charge in [0.25, 0.3) is 0 Å². The minimum atomic E-state index is 0.139. The minimum absolute atomic E-state index is 0.139. The third-order valence-electron chi connectivity index (χ3n) is 2.76. The first-order chi connectivity index (χ1) is 7.58. The van der Waals surface area contributed by atoms with Gasteiger partial charge in [0.15, 0.2) is 0 Å². The Morgan fingerprint density at radius 3 is 2.06 bits per heavy atom. The summed E-state index contributed by atoms with van der Waals surface area (Å²) in [5.41, 5.74) is 1.07. The average Bonchev–Trinajstić information content (AvgIpc) is 2.31. The second kappa shape index (κ2) is 10.7. The quantitative estimate of drug-likeness (QED) is 0.618. The summed E-state index contributed by atoms with van der Waals surface area (Å²) in [5, 5.41) is 0. The zero-order chi connectivity index (χ0) is 13.1. The third kappa shape index (κ3) is 5.94. The standard InChI is InChI=1S/C12H23NO.C2H6/c1-6-8-11(9-14)12(7-2)10(3)13(4)5;1-2/h9,11-12H,3,6-8H2,1-2,4-5H3;1-2H3. The van der Waals surface area contributed by atoms with Crippen LogP contribution < -0.4 is 0 Å². The summed E-state index contributed by atoms with van der Waals surface area (Å²) in [4.78, 5) is 13.0. The normalized spacial score (nSPS) is 13.1. The molecule has 0 bridgehead atoms. The molecule has 0 radical (unpaired) electrons. The van der Waals surface area contributed by atoms with Crippen molar-refractivity contribution in [1.82, 2.24) is 4.90 Å². The lowest BCUT2D eigenvalue weighted by Gasteiger charge is -2.28. The van der Waals surface area contributed by atoms with Gasteiger partial charge in [-0.15, -0.1) is 0 Å². The molecule has 0 aliphatic carbocycles. The van der Waals surface area contributed by atoms with Crippen LogP contribution in [0, 0.1) is 11.8 Å². The van der Waals surface area contributed by atoms with Gasteiger partial charge in [-0.25, -0.2) is 0 Å². The van der Waals surface area contributed by atoms with E-state index in [0.717, 1.165) is 31.2 Å². The molecule has 0 fully saturated rings. The fraction of sp³-hybridized carbons (Fsp3) is 0.786. The zero-order valence-electron chi connectivity index (χ0n) is 11.9. The molecule has 0 spiro atoms. The number of nitrogens with zero attached hydrogens (tertiary/aromatic N) is 1. The molecule has 0 aromatic carbocycles. The predicted molar refractivity (Wildman–Crippen MR) is 72.4 cm³/mol. The maximum Gasteiger partial charge on any atom is 0.123 e. The highest BCUT2D eigenvalue weighted by Gasteiger charge is 2.22. The van der Waals surface area contributed by atoms with E-state index in [4.69, 9.17) is 0 Å². The van der Waals surface area contributed by atoms with Crippen molar-refractivity contribution in [3.8, 4) is 0 Å². The summed E-state index contributed by atoms with van der Waals surface area (Å²) in [6, 6.07) is 0. The number of carbonyl (C=O) groups is 1. The zero-order valence-corrected chi connectivity index (χ0v) is 11.9. The predicted octanol–water partition coefficient (Wildman–Crippen LogP) is 3.73. The number of rotatable bonds is 7. The van der Waals surface area contributed by atoms with E-state index < -0.39 is 0 Å². The van der Waals surface area contributed by atoms with Crippen LogP contribution in [-0.4, -0.2) is 25.3 Å². The van der Waals surface area contributed by atoms with Crippen molar-refractivity contribution >= 4 is 6.29 Å². The Morgan fingerprint density at radius 1 is 1.31 bits per heavy atom. The van der Waals surface area contributed by atoms with Gasteiger partial charge in [0.05, 0.1) is 0 Å². The number of carbonyl (C=O) groups excluding carboxylic acids is 1. The lowest BCUT2D eigenvalue weighted by Crippen LogP contribution is -2.25. The van der Waals surface area contributed by atoms with Crippen LogP contribution in [-0.2, 0) is 4.79 Å². The van der Waals surface area contributed by atoms with Crippen LogP contribution in [0.1, 0.15) is 47.0 Å². The van der Waals surface area contributed by atoms with E-state index in [-0.39, 0.29) is 5.92 Å². The van der Waals surface area contributed by atoms with Crippen LogP contribution in [0.3, 0.4) is 0 Å². The van der Waals surface area contributed by atoms with Crippen LogP contribution in [0.2, 0.25) is 0 Å². The van der Waals surface area contributed by atoms with E-state index >= 15 is 0 Å². The van der Waals surface area contributed by atoms with Crippen LogP contribution in [0.5, 0.6) is 0 Å². The van der Waals surface area contributed by atoms with Crippen molar-refractivity contribution in [2.45, 2.75) is 47.0 Å². The van der Waals surface area contributed by atoms with E-state index in [1.807, 2.05) is 32.8 Å². The van der Waals surface area contributed by atoms with Crippen molar-refractivity contribution in [3.63, 3.8) is 0 Å². The summed E-state index contributed by atoms with van der Waals surface area (Å²) in [7, 11) is 3.97. The Balaban J connectivity index is 0. The van der Waals surface area contributed by atoms with Crippen molar-refractivity contribution in [2.24, 2.45) is 11.8 Å². The van der Waals surface area contributed by atoms with Gasteiger partial charge in [-0.05, 0) is 12.8 Å². The molecule has 2 heteroatoms. The average molecular weight is 227 g/mol. The van der Waals surface area contributed by atoms with E-state index in [9.17, 15) is 4.79 Å². The monoisotopic (exact) mass is 227 g/mol. The number of aldehydes is 1. The lowest BCUT2D eigenvalue weighted by atomic mass is 9.85. The molecule has 16 heavy (non-hydrogen) atoms. The Morgan fingerprint density at radius 2 is 1.81 bits per heavy atom. The number of hydrogen-bond donors (Lipinski definition) is 0. The maximum atomic E-state index is 11.0. The molecule has 0 amide bonds. The Kier molecular flexibility index (Phi) is 11.8. The summed E-state index contributed by atoms with van der Waals surface area (Å²) in [6.45, 7) is 12.3. The maximum absolute atomic E-state index is 11.0. The molecular formula is C14H29NO. The van der Waals surface area contributed by atoms with Gasteiger partial charge in [-0.1, -0.05) is 40.7 Å². The fourth-order valence-electron chi connectivity index (χ4n) is 1.81. The molecule has 0 heterocycles. The number of allylic oxidation sites excluding steroid dienone is 1. The Bertz CT molecular complexity index is 187. The first-order valence-corrected chi connectivity index (χ1v) is 6.39. The summed E-state index contributed by atoms with van der Waals surface area (Å²) in [5.74, 6) is 0.447. The molecule has 2 unspecified atom stereocenters. The molecule has 0 saturated carbocycles. The molecule has 96 valence electrons. The second-order valence-electron chi connectivity index (χ2n) is 3.99. The summed E-state index contributed by atoms with van der Waals surface area (Å²) in [6.07, 6.45) is 4.10. The molecule has 0 saturated heterocycles. The van der Waals surface area contributed by atoms with Gasteiger partial charge >= 0.3 is 0 Å². The molecule has 0 rings (SSSR count). The fourth-order valence-corrected chi connectivity index (χ4v) is 1.81. The molecule has 0 N–H and O–H groups in total. The highest BCUT2D eigenvalue weighted by atomic mass is 16.1. The summed E-state index contributed by atoms with van der Waals surface area (Å²) >= 11 is 0. The van der Waals surface area contributed by atoms with Gasteiger partial charge in [0, 0.05) is 31.6 Å². The smallest absolute Gasteiger partial charge is 0.123 e. The van der Waals surface area contributed by atoms with Gasteiger partial charge in [-0.2, -0.15) is 0 Å². The third-order valence-corrected chi connectivity index (χ3v) is 2.76. The topological polar surface area (TPSA) is 20.3 Å². The highest BCUT2D eigenvalue weighted by molar-refractivity contribution is 5.54. The second-order valence-corrected chi connectivity index (χ2v) is 3.99. The molecule has 0 aliphatic rings. The first kappa shape index (κ1) is 17.6. The van der Waals surface area contributed by atoms with Crippen LogP contribution >= 0.6 is 0 Å². The van der Waals surface area contributed by atoms with Crippen molar-refractivity contribution in [3.05, 3.63) is 12.3 Å². The first-order valence-electron chi connectivity index (χ1n) is 6.39. The SMILES string of the molecule is C=C(C(CC)C(C=O)CCC)N(C)C.CC. The van der Waals surface area contributed by atoms with Gasteiger partial charge in [0.1, 0.15) is 6.29 Å². The van der Waals surface area contributed by atoms with E-state index in [0.29, 0.717) is 5.92 Å². The number of hydrogen-bond acceptors (Lipinski definition) is 2. The van der Waals surface area contributed by atoms with E-state index in [1.54, 1.807) is 0 Å². The van der Waals surface area contributed by atoms with E-state index in [2.05, 4.69) is 20.4 Å². The Hall–Kier alpha value is -0.790. The van der Waals surface area contributed by atoms with Gasteiger partial charge in [-0.3, -0.25) is 0 Å². The van der Waals surface area contributed by atoms with Crippen molar-refractivity contribution in [2.75, 3.05) is 14.1 Å². The van der Waals surface area contributed by atoms with Gasteiger partial charge in [0.2, 0.25) is 0 Å². The Labute approximate surface area is 102 Å². The largest absolute Gasteiger partial charge is 0.381 e. The molecule has 0 aromatic heterocycles. The highest BCUT2D eigenvalue weighted by Crippen LogP contribution is 2.26. The van der Waals surface area contributed by atoms with E-state index in [1.165, 1.54) is 0 Å². The van der Waals surface area contributed by atoms with Gasteiger partial charge < -0.3 is 9.69 Å². The van der Waals surface area contributed by atoms with Crippen LogP contribution in [0.25, 0.3) is 0 Å². The molecule has 0 aromatic rings. The molecule has 2 nitrogen and oxygen atoms in total.